The van der Waals surface area contributed by atoms with Crippen molar-refractivity contribution in [3.63, 3.8) is 0 Å². The zero-order chi connectivity index (χ0) is 17.2. The number of carbonyl (C=O) groups excluding carboxylic acids is 3. The lowest BCUT2D eigenvalue weighted by atomic mass is 10.2. The van der Waals surface area contributed by atoms with Crippen LogP contribution in [0.4, 0.5) is 10.5 Å². The predicted molar refractivity (Wildman–Crippen MR) is 85.1 cm³/mol. The predicted octanol–water partition coefficient (Wildman–Crippen LogP) is 1.43. The van der Waals surface area contributed by atoms with Crippen molar-refractivity contribution >= 4 is 35.1 Å². The van der Waals surface area contributed by atoms with Crippen molar-refractivity contribution in [3.05, 3.63) is 28.8 Å². The summed E-state index contributed by atoms with van der Waals surface area (Å²) in [7, 11) is 0. The van der Waals surface area contributed by atoms with Crippen LogP contribution in [0.15, 0.2) is 18.2 Å². The van der Waals surface area contributed by atoms with E-state index >= 15 is 0 Å². The zero-order valence-electron chi connectivity index (χ0n) is 12.4. The van der Waals surface area contributed by atoms with E-state index in [-0.39, 0.29) is 17.7 Å². The monoisotopic (exact) mass is 342 g/mol. The van der Waals surface area contributed by atoms with Gasteiger partial charge in [-0.05, 0) is 31.0 Å². The van der Waals surface area contributed by atoms with Gasteiger partial charge >= 0.3 is 6.03 Å². The molecule has 0 aliphatic heterocycles. The number of imide groups is 1. The molecule has 0 fully saturated rings. The number of urea groups is 1. The van der Waals surface area contributed by atoms with Crippen LogP contribution in [-0.4, -0.2) is 29.6 Å². The summed E-state index contributed by atoms with van der Waals surface area (Å²) in [6, 6.07) is 3.72. The minimum atomic E-state index is -0.614. The van der Waals surface area contributed by atoms with E-state index in [9.17, 15) is 14.4 Å². The van der Waals surface area contributed by atoms with Gasteiger partial charge in [0.15, 0.2) is 0 Å². The highest BCUT2D eigenvalue weighted by molar-refractivity contribution is 6.33. The molecule has 126 valence electrons. The molecule has 0 unspecified atom stereocenters. The van der Waals surface area contributed by atoms with E-state index in [1.54, 1.807) is 5.48 Å². The largest absolute Gasteiger partial charge is 0.398 e. The number of hydroxylamine groups is 1. The van der Waals surface area contributed by atoms with Gasteiger partial charge in [0.1, 0.15) is 0 Å². The first-order chi connectivity index (χ1) is 10.9. The Balaban J connectivity index is 2.24. The molecule has 0 saturated heterocycles. The molecule has 4 amide bonds. The maximum atomic E-state index is 11.8. The second kappa shape index (κ2) is 9.65. The van der Waals surface area contributed by atoms with Crippen LogP contribution in [0.3, 0.4) is 0 Å². The molecule has 6 N–H and O–H groups in total. The standard InChI is InChI=1S/C14H19ClN4O4/c15-10-6-5-9(8-11(10)16)13(21)18-14(22)17-7-3-1-2-4-12(20)19-23/h5-6,8,23H,1-4,7,16H2,(H,19,20)(H2,17,18,21,22). The van der Waals surface area contributed by atoms with E-state index in [0.717, 1.165) is 0 Å². The first kappa shape index (κ1) is 18.7. The smallest absolute Gasteiger partial charge is 0.321 e. The highest BCUT2D eigenvalue weighted by Crippen LogP contribution is 2.19. The Bertz CT molecular complexity index is 580. The molecule has 0 bridgehead atoms. The van der Waals surface area contributed by atoms with E-state index in [2.05, 4.69) is 10.6 Å². The van der Waals surface area contributed by atoms with Gasteiger partial charge in [-0.1, -0.05) is 18.0 Å². The van der Waals surface area contributed by atoms with E-state index in [1.807, 2.05) is 0 Å². The number of amides is 4. The van der Waals surface area contributed by atoms with Crippen LogP contribution in [0, 0.1) is 0 Å². The third-order valence-electron chi connectivity index (χ3n) is 2.98. The summed E-state index contributed by atoms with van der Waals surface area (Å²) in [5.41, 5.74) is 7.63. The molecule has 0 aliphatic carbocycles. The van der Waals surface area contributed by atoms with Gasteiger partial charge in [0.25, 0.3) is 5.91 Å². The molecule has 8 nitrogen and oxygen atoms in total. The average molecular weight is 343 g/mol. The molecule has 1 aromatic carbocycles. The van der Waals surface area contributed by atoms with Gasteiger partial charge in [0.05, 0.1) is 10.7 Å². The van der Waals surface area contributed by atoms with Gasteiger partial charge in [-0.3, -0.25) is 20.1 Å². The number of rotatable bonds is 7. The topological polar surface area (TPSA) is 134 Å². The molecule has 0 saturated carbocycles. The van der Waals surface area contributed by atoms with Crippen molar-refractivity contribution < 1.29 is 19.6 Å². The summed E-state index contributed by atoms with van der Waals surface area (Å²) in [5.74, 6) is -1.02. The van der Waals surface area contributed by atoms with Gasteiger partial charge in [-0.2, -0.15) is 0 Å². The summed E-state index contributed by atoms with van der Waals surface area (Å²) < 4.78 is 0. The van der Waals surface area contributed by atoms with Crippen LogP contribution < -0.4 is 21.8 Å². The molecular formula is C14H19ClN4O4. The molecule has 0 spiro atoms. The molecule has 23 heavy (non-hydrogen) atoms. The number of hydrogen-bond acceptors (Lipinski definition) is 5. The summed E-state index contributed by atoms with van der Waals surface area (Å²) in [4.78, 5) is 34.1. The zero-order valence-corrected chi connectivity index (χ0v) is 13.2. The van der Waals surface area contributed by atoms with Crippen LogP contribution in [0.25, 0.3) is 0 Å². The lowest BCUT2D eigenvalue weighted by Crippen LogP contribution is -2.39. The quantitative estimate of drug-likeness (QED) is 0.221. The van der Waals surface area contributed by atoms with Crippen LogP contribution in [0.2, 0.25) is 5.02 Å². The van der Waals surface area contributed by atoms with Crippen LogP contribution in [0.5, 0.6) is 0 Å². The average Bonchev–Trinajstić information content (AvgIpc) is 2.52. The molecule has 0 aliphatic rings. The summed E-state index contributed by atoms with van der Waals surface area (Å²) >= 11 is 5.76. The van der Waals surface area contributed by atoms with Gasteiger partial charge < -0.3 is 11.1 Å². The summed E-state index contributed by atoms with van der Waals surface area (Å²) in [5, 5.41) is 13.4. The van der Waals surface area contributed by atoms with Crippen molar-refractivity contribution in [2.24, 2.45) is 0 Å². The Morgan fingerprint density at radius 2 is 1.91 bits per heavy atom. The van der Waals surface area contributed by atoms with E-state index in [1.165, 1.54) is 18.2 Å². The number of nitrogens with two attached hydrogens (primary N) is 1. The SMILES string of the molecule is Nc1cc(C(=O)NC(=O)NCCCCCC(=O)NO)ccc1Cl. The maximum absolute atomic E-state index is 11.8. The molecular weight excluding hydrogens is 324 g/mol. The molecule has 0 heterocycles. The lowest BCUT2D eigenvalue weighted by molar-refractivity contribution is -0.129. The summed E-state index contributed by atoms with van der Waals surface area (Å²) in [6.07, 6.45) is 2.17. The third kappa shape index (κ3) is 6.98. The summed E-state index contributed by atoms with van der Waals surface area (Å²) in [6.45, 7) is 0.364. The number of benzene rings is 1. The van der Waals surface area contributed by atoms with Crippen LogP contribution >= 0.6 is 11.6 Å². The Kier molecular flexibility index (Phi) is 7.86. The highest BCUT2D eigenvalue weighted by atomic mass is 35.5. The normalized spacial score (nSPS) is 10.0. The molecule has 0 atom stereocenters. The lowest BCUT2D eigenvalue weighted by Gasteiger charge is -2.07. The Hall–Kier alpha value is -2.32. The minimum Gasteiger partial charge on any atom is -0.398 e. The molecule has 1 rings (SSSR count). The second-order valence-electron chi connectivity index (χ2n) is 4.79. The highest BCUT2D eigenvalue weighted by Gasteiger charge is 2.11. The fraction of sp³-hybridized carbons (Fsp3) is 0.357. The second-order valence-corrected chi connectivity index (χ2v) is 5.20. The number of anilines is 1. The number of halogens is 1. The van der Waals surface area contributed by atoms with Gasteiger partial charge in [0, 0.05) is 18.5 Å². The van der Waals surface area contributed by atoms with Crippen LogP contribution in [0.1, 0.15) is 36.0 Å². The van der Waals surface area contributed by atoms with Crippen molar-refractivity contribution in [3.8, 4) is 0 Å². The van der Waals surface area contributed by atoms with Crippen molar-refractivity contribution in [2.75, 3.05) is 12.3 Å². The number of carbonyl (C=O) groups is 3. The Labute approximate surface area is 138 Å². The first-order valence-corrected chi connectivity index (χ1v) is 7.39. The fourth-order valence-electron chi connectivity index (χ4n) is 1.75. The molecule has 1 aromatic rings. The molecule has 0 radical (unpaired) electrons. The number of hydrogen-bond donors (Lipinski definition) is 5. The van der Waals surface area contributed by atoms with Crippen LogP contribution in [-0.2, 0) is 4.79 Å². The fourth-order valence-corrected chi connectivity index (χ4v) is 1.87. The maximum Gasteiger partial charge on any atom is 0.321 e. The molecule has 9 heteroatoms. The number of nitrogen functional groups attached to an aromatic ring is 1. The van der Waals surface area contributed by atoms with Crippen molar-refractivity contribution in [2.45, 2.75) is 25.7 Å². The number of unbranched alkanes of at least 4 members (excludes halogenated alkanes) is 2. The van der Waals surface area contributed by atoms with Gasteiger partial charge in [-0.15, -0.1) is 0 Å². The third-order valence-corrected chi connectivity index (χ3v) is 3.32. The Morgan fingerprint density at radius 3 is 2.57 bits per heavy atom. The van der Waals surface area contributed by atoms with Crippen molar-refractivity contribution in [1.82, 2.24) is 16.1 Å². The van der Waals surface area contributed by atoms with Gasteiger partial charge in [0.2, 0.25) is 5.91 Å². The first-order valence-electron chi connectivity index (χ1n) is 7.01. The van der Waals surface area contributed by atoms with Gasteiger partial charge in [-0.25, -0.2) is 10.3 Å². The van der Waals surface area contributed by atoms with E-state index < -0.39 is 17.8 Å². The van der Waals surface area contributed by atoms with E-state index in [4.69, 9.17) is 22.5 Å². The number of nitrogens with one attached hydrogen (secondary N) is 3. The van der Waals surface area contributed by atoms with E-state index in [0.29, 0.717) is 30.8 Å². The molecule has 0 aromatic heterocycles. The van der Waals surface area contributed by atoms with Crippen molar-refractivity contribution in [1.29, 1.82) is 0 Å². The Morgan fingerprint density at radius 1 is 1.17 bits per heavy atom. The minimum absolute atomic E-state index is 0.221.